The van der Waals surface area contributed by atoms with E-state index in [1.165, 1.54) is 0 Å². The molecule has 0 fully saturated rings. The van der Waals surface area contributed by atoms with E-state index in [0.29, 0.717) is 33.9 Å². The van der Waals surface area contributed by atoms with E-state index in [2.05, 4.69) is 9.97 Å². The summed E-state index contributed by atoms with van der Waals surface area (Å²) in [5, 5.41) is 20.1. The summed E-state index contributed by atoms with van der Waals surface area (Å²) in [5.74, 6) is 0.376. The van der Waals surface area contributed by atoms with Crippen LogP contribution in [0.2, 0.25) is 0 Å². The SMILES string of the molecule is Oc1ccccc1-c1cccc(-c2cccc(-c3ccccc3O)n2)n1.[CH3-].[Pt]. The number of hydrogen-bond acceptors (Lipinski definition) is 4. The molecule has 4 nitrogen and oxygen atoms in total. The van der Waals surface area contributed by atoms with Crippen molar-refractivity contribution < 1.29 is 31.3 Å². The molecule has 0 radical (unpaired) electrons. The quantitative estimate of drug-likeness (QED) is 0.338. The molecule has 0 aliphatic carbocycles. The van der Waals surface area contributed by atoms with E-state index in [4.69, 9.17) is 0 Å². The molecule has 2 aromatic heterocycles. The Labute approximate surface area is 178 Å². The van der Waals surface area contributed by atoms with E-state index in [1.807, 2.05) is 60.7 Å². The van der Waals surface area contributed by atoms with Gasteiger partial charge in [0.05, 0.1) is 22.8 Å². The number of hydrogen-bond donors (Lipinski definition) is 2. The zero-order chi connectivity index (χ0) is 17.9. The summed E-state index contributed by atoms with van der Waals surface area (Å²) in [6.45, 7) is 0. The van der Waals surface area contributed by atoms with Crippen LogP contribution in [0.1, 0.15) is 0 Å². The van der Waals surface area contributed by atoms with Crippen LogP contribution >= 0.6 is 0 Å². The maximum atomic E-state index is 10.1. The topological polar surface area (TPSA) is 66.2 Å². The minimum absolute atomic E-state index is 0. The van der Waals surface area contributed by atoms with E-state index >= 15 is 0 Å². The van der Waals surface area contributed by atoms with Crippen molar-refractivity contribution in [3.63, 3.8) is 0 Å². The van der Waals surface area contributed by atoms with Gasteiger partial charge in [0.25, 0.3) is 0 Å². The third-order valence-electron chi connectivity index (χ3n) is 4.12. The number of nitrogens with zero attached hydrogens (tertiary/aromatic N) is 2. The predicted molar refractivity (Wildman–Crippen MR) is 108 cm³/mol. The summed E-state index contributed by atoms with van der Waals surface area (Å²) >= 11 is 0. The van der Waals surface area contributed by atoms with Crippen LogP contribution in [-0.4, -0.2) is 20.2 Å². The van der Waals surface area contributed by atoms with Gasteiger partial charge in [-0.2, -0.15) is 0 Å². The van der Waals surface area contributed by atoms with Gasteiger partial charge in [-0.1, -0.05) is 36.4 Å². The molecule has 5 heteroatoms. The number of aromatic nitrogens is 2. The van der Waals surface area contributed by atoms with Gasteiger partial charge >= 0.3 is 0 Å². The zero-order valence-electron chi connectivity index (χ0n) is 15.2. The molecule has 4 rings (SSSR count). The summed E-state index contributed by atoms with van der Waals surface area (Å²) in [6.07, 6.45) is 0. The first-order valence-electron chi connectivity index (χ1n) is 8.23. The third kappa shape index (κ3) is 4.29. The second-order valence-electron chi connectivity index (χ2n) is 5.85. The molecule has 0 bridgehead atoms. The van der Waals surface area contributed by atoms with E-state index in [-0.39, 0.29) is 40.0 Å². The Hall–Kier alpha value is -2.97. The Bertz CT molecular complexity index is 996. The van der Waals surface area contributed by atoms with Crippen LogP contribution < -0.4 is 0 Å². The molecule has 0 aliphatic heterocycles. The van der Waals surface area contributed by atoms with Crippen molar-refractivity contribution in [2.75, 3.05) is 0 Å². The largest absolute Gasteiger partial charge is 0.507 e. The standard InChI is InChI=1S/C22H16N2O2.CH3.Pt/c25-21-13-3-1-7-15(21)17-9-5-11-19(23-17)20-12-6-10-18(24-20)16-8-2-4-14-22(16)26;;/h1-14,25-26H;1H3;/q;-1;. The van der Waals surface area contributed by atoms with E-state index in [1.54, 1.807) is 24.3 Å². The normalized spacial score (nSPS) is 9.86. The molecule has 0 saturated heterocycles. The number of aromatic hydroxyl groups is 2. The Morgan fingerprint density at radius 3 is 1.21 bits per heavy atom. The first-order valence-corrected chi connectivity index (χ1v) is 8.23. The van der Waals surface area contributed by atoms with Crippen LogP contribution in [0.4, 0.5) is 0 Å². The summed E-state index contributed by atoms with van der Waals surface area (Å²) < 4.78 is 0. The number of para-hydroxylation sites is 2. The van der Waals surface area contributed by atoms with Crippen molar-refractivity contribution in [2.45, 2.75) is 0 Å². The molecule has 4 aromatic rings. The summed E-state index contributed by atoms with van der Waals surface area (Å²) in [6, 6.07) is 25.4. The molecular weight excluding hydrogens is 531 g/mol. The minimum Gasteiger partial charge on any atom is -0.507 e. The van der Waals surface area contributed by atoms with Crippen molar-refractivity contribution in [3.8, 4) is 45.4 Å². The van der Waals surface area contributed by atoms with Crippen LogP contribution in [0.15, 0.2) is 84.9 Å². The third-order valence-corrected chi connectivity index (χ3v) is 4.12. The van der Waals surface area contributed by atoms with E-state index < -0.39 is 0 Å². The maximum absolute atomic E-state index is 10.1. The molecule has 2 aromatic carbocycles. The first kappa shape index (κ1) is 21.3. The number of pyridine rings is 2. The first-order chi connectivity index (χ1) is 12.7. The number of benzene rings is 2. The van der Waals surface area contributed by atoms with Gasteiger partial charge in [-0.05, 0) is 48.5 Å². The van der Waals surface area contributed by atoms with Crippen molar-refractivity contribution in [1.29, 1.82) is 0 Å². The van der Waals surface area contributed by atoms with Crippen LogP contribution in [0.5, 0.6) is 11.5 Å². The second kappa shape index (κ2) is 9.29. The average Bonchev–Trinajstić information content (AvgIpc) is 2.69. The van der Waals surface area contributed by atoms with Gasteiger partial charge in [-0.3, -0.25) is 0 Å². The fourth-order valence-corrected chi connectivity index (χ4v) is 2.84. The van der Waals surface area contributed by atoms with Crippen molar-refractivity contribution in [2.24, 2.45) is 0 Å². The Morgan fingerprint density at radius 2 is 0.821 bits per heavy atom. The monoisotopic (exact) mass is 550 g/mol. The predicted octanol–water partition coefficient (Wildman–Crippen LogP) is 5.34. The average molecular weight is 550 g/mol. The van der Waals surface area contributed by atoms with Gasteiger partial charge in [0, 0.05) is 32.2 Å². The van der Waals surface area contributed by atoms with Crippen LogP contribution in [-0.2, 0) is 21.1 Å². The fraction of sp³-hybridized carbons (Fsp3) is 0. The number of phenols is 2. The van der Waals surface area contributed by atoms with Gasteiger partial charge in [0.2, 0.25) is 0 Å². The molecule has 0 unspecified atom stereocenters. The van der Waals surface area contributed by atoms with Crippen LogP contribution in [0, 0.1) is 7.43 Å². The Balaban J connectivity index is 0.00000140. The van der Waals surface area contributed by atoms with Gasteiger partial charge < -0.3 is 17.6 Å². The molecule has 0 spiro atoms. The number of phenolic OH excluding ortho intramolecular Hbond substituents is 2. The summed E-state index contributed by atoms with van der Waals surface area (Å²) in [5.41, 5.74) is 4.09. The number of rotatable bonds is 3. The fourth-order valence-electron chi connectivity index (χ4n) is 2.84. The van der Waals surface area contributed by atoms with Gasteiger partial charge in [0.15, 0.2) is 0 Å². The zero-order valence-corrected chi connectivity index (χ0v) is 17.5. The molecule has 144 valence electrons. The van der Waals surface area contributed by atoms with Gasteiger partial charge in [-0.25, -0.2) is 9.97 Å². The van der Waals surface area contributed by atoms with E-state index in [9.17, 15) is 10.2 Å². The van der Waals surface area contributed by atoms with Crippen LogP contribution in [0.25, 0.3) is 33.9 Å². The van der Waals surface area contributed by atoms with Gasteiger partial charge in [0.1, 0.15) is 11.5 Å². The van der Waals surface area contributed by atoms with Crippen LogP contribution in [0.3, 0.4) is 0 Å². The molecule has 0 aliphatic rings. The van der Waals surface area contributed by atoms with Gasteiger partial charge in [-0.15, -0.1) is 0 Å². The summed E-state index contributed by atoms with van der Waals surface area (Å²) in [7, 11) is 0. The van der Waals surface area contributed by atoms with Crippen molar-refractivity contribution >= 4 is 0 Å². The molecule has 2 N–H and O–H groups in total. The van der Waals surface area contributed by atoms with Crippen molar-refractivity contribution in [3.05, 3.63) is 92.4 Å². The molecule has 0 atom stereocenters. The van der Waals surface area contributed by atoms with E-state index in [0.717, 1.165) is 0 Å². The minimum atomic E-state index is 0. The smallest absolute Gasteiger partial charge is 0.124 e. The maximum Gasteiger partial charge on any atom is 0.124 e. The molecule has 0 saturated carbocycles. The van der Waals surface area contributed by atoms with Crippen molar-refractivity contribution in [1.82, 2.24) is 9.97 Å². The molecular formula is C23H19N2O2Pt-. The molecule has 28 heavy (non-hydrogen) atoms. The Kier molecular flexibility index (Phi) is 7.08. The Morgan fingerprint density at radius 1 is 0.464 bits per heavy atom. The molecule has 2 heterocycles. The second-order valence-corrected chi connectivity index (χ2v) is 5.85. The summed E-state index contributed by atoms with van der Waals surface area (Å²) in [4.78, 5) is 9.29. The molecule has 0 amide bonds.